The molecule has 0 saturated heterocycles. The van der Waals surface area contributed by atoms with Gasteiger partial charge in [-0.1, -0.05) is 67.6 Å². The first-order valence-electron chi connectivity index (χ1n) is 10.3. The Hall–Kier alpha value is -3.61. The fourth-order valence-corrected chi connectivity index (χ4v) is 3.54. The quantitative estimate of drug-likeness (QED) is 0.634. The number of urea groups is 1. The normalized spacial score (nSPS) is 16.7. The fourth-order valence-electron chi connectivity index (χ4n) is 3.54. The zero-order chi connectivity index (χ0) is 22.2. The summed E-state index contributed by atoms with van der Waals surface area (Å²) in [6.07, 6.45) is 0.563. The van der Waals surface area contributed by atoms with Crippen LogP contribution in [-0.2, 0) is 19.1 Å². The first kappa shape index (κ1) is 22.1. The second kappa shape index (κ2) is 10.4. The summed E-state index contributed by atoms with van der Waals surface area (Å²) in [7, 11) is 0. The smallest absolute Gasteiger partial charge is 0.338 e. The Morgan fingerprint density at radius 3 is 2.23 bits per heavy atom. The minimum atomic E-state index is -0.709. The second-order valence-corrected chi connectivity index (χ2v) is 7.03. The van der Waals surface area contributed by atoms with Crippen LogP contribution in [0.15, 0.2) is 71.9 Å². The van der Waals surface area contributed by atoms with E-state index in [2.05, 4.69) is 10.6 Å². The number of esters is 2. The zero-order valence-electron chi connectivity index (χ0n) is 17.6. The topological polar surface area (TPSA) is 93.7 Å². The molecule has 0 spiro atoms. The molecule has 0 radical (unpaired) electrons. The Bertz CT molecular complexity index is 956. The molecule has 7 nitrogen and oxygen atoms in total. The van der Waals surface area contributed by atoms with Crippen LogP contribution in [0.1, 0.15) is 43.4 Å². The lowest BCUT2D eigenvalue weighted by atomic mass is 9.95. The van der Waals surface area contributed by atoms with Crippen molar-refractivity contribution in [2.45, 2.75) is 32.2 Å². The third-order valence-corrected chi connectivity index (χ3v) is 5.04. The monoisotopic (exact) mass is 422 g/mol. The summed E-state index contributed by atoms with van der Waals surface area (Å²) >= 11 is 0. The molecule has 2 aromatic rings. The molecular formula is C24H26N2O5. The zero-order valence-corrected chi connectivity index (χ0v) is 17.6. The minimum absolute atomic E-state index is 0.177. The summed E-state index contributed by atoms with van der Waals surface area (Å²) in [6.45, 7) is 3.54. The van der Waals surface area contributed by atoms with Crippen molar-refractivity contribution in [3.63, 3.8) is 0 Å². The number of hydrogen-bond acceptors (Lipinski definition) is 5. The largest absolute Gasteiger partial charge is 0.463 e. The molecule has 0 fully saturated rings. The lowest BCUT2D eigenvalue weighted by molar-refractivity contribution is -0.145. The molecule has 7 heteroatoms. The lowest BCUT2D eigenvalue weighted by Gasteiger charge is -2.29. The molecule has 2 amide bonds. The van der Waals surface area contributed by atoms with Gasteiger partial charge in [0.2, 0.25) is 0 Å². The summed E-state index contributed by atoms with van der Waals surface area (Å²) in [4.78, 5) is 37.8. The number of rotatable bonds is 8. The van der Waals surface area contributed by atoms with Crippen molar-refractivity contribution >= 4 is 18.0 Å². The Morgan fingerprint density at radius 2 is 1.61 bits per heavy atom. The van der Waals surface area contributed by atoms with E-state index in [1.165, 1.54) is 0 Å². The average molecular weight is 422 g/mol. The van der Waals surface area contributed by atoms with Crippen molar-refractivity contribution in [2.24, 2.45) is 0 Å². The molecule has 31 heavy (non-hydrogen) atoms. The van der Waals surface area contributed by atoms with E-state index in [0.29, 0.717) is 6.42 Å². The number of benzene rings is 2. The van der Waals surface area contributed by atoms with Crippen LogP contribution >= 0.6 is 0 Å². The van der Waals surface area contributed by atoms with Gasteiger partial charge in [0.15, 0.2) is 0 Å². The van der Waals surface area contributed by atoms with Crippen molar-refractivity contribution in [1.29, 1.82) is 0 Å². The summed E-state index contributed by atoms with van der Waals surface area (Å²) in [5.41, 5.74) is 2.01. The van der Waals surface area contributed by atoms with E-state index < -0.39 is 29.9 Å². The van der Waals surface area contributed by atoms with Crippen molar-refractivity contribution in [3.8, 4) is 0 Å². The van der Waals surface area contributed by atoms with E-state index in [4.69, 9.17) is 9.47 Å². The van der Waals surface area contributed by atoms with Crippen LogP contribution in [0, 0.1) is 0 Å². The molecule has 1 heterocycles. The molecule has 162 valence electrons. The Kier molecular flexibility index (Phi) is 7.43. The number of carbonyl (C=O) groups is 3. The van der Waals surface area contributed by atoms with E-state index >= 15 is 0 Å². The molecule has 1 aliphatic heterocycles. The average Bonchev–Trinajstić information content (AvgIpc) is 2.79. The highest BCUT2D eigenvalue weighted by Crippen LogP contribution is 2.28. The van der Waals surface area contributed by atoms with E-state index in [0.717, 1.165) is 11.1 Å². The molecule has 3 rings (SSSR count). The fraction of sp³-hybridized carbons (Fsp3) is 0.292. The predicted octanol–water partition coefficient (Wildman–Crippen LogP) is 3.59. The standard InChI is InChI=1S/C24H26N2O5/c1-3-18(16-11-7-5-8-12-16)22(27)31-15-19-20(23(28)30-4-2)21(26-24(29)25-19)17-13-9-6-10-14-17/h5-14,18,21H,3-4,15H2,1-2H3,(H2,25,26,29)/t18-,21-/m1/s1. The summed E-state index contributed by atoms with van der Waals surface area (Å²) in [6, 6.07) is 17.3. The van der Waals surface area contributed by atoms with Crippen LogP contribution in [-0.4, -0.2) is 31.2 Å². The highest BCUT2D eigenvalue weighted by atomic mass is 16.5. The van der Waals surface area contributed by atoms with E-state index in [1.807, 2.05) is 67.6 Å². The lowest BCUT2D eigenvalue weighted by Crippen LogP contribution is -2.47. The second-order valence-electron chi connectivity index (χ2n) is 7.03. The van der Waals surface area contributed by atoms with Crippen molar-refractivity contribution < 1.29 is 23.9 Å². The highest BCUT2D eigenvalue weighted by molar-refractivity contribution is 5.95. The number of carbonyl (C=O) groups excluding carboxylic acids is 3. The van der Waals surface area contributed by atoms with Gasteiger partial charge in [-0.25, -0.2) is 9.59 Å². The first-order valence-corrected chi connectivity index (χ1v) is 10.3. The third kappa shape index (κ3) is 5.31. The minimum Gasteiger partial charge on any atom is -0.463 e. The van der Waals surface area contributed by atoms with Crippen molar-refractivity contribution in [3.05, 3.63) is 83.1 Å². The highest BCUT2D eigenvalue weighted by Gasteiger charge is 2.34. The third-order valence-electron chi connectivity index (χ3n) is 5.04. The van der Waals surface area contributed by atoms with Gasteiger partial charge < -0.3 is 20.1 Å². The van der Waals surface area contributed by atoms with Crippen LogP contribution in [0.2, 0.25) is 0 Å². The van der Waals surface area contributed by atoms with Crippen LogP contribution < -0.4 is 10.6 Å². The maximum absolute atomic E-state index is 12.8. The van der Waals surface area contributed by atoms with Gasteiger partial charge in [-0.2, -0.15) is 0 Å². The maximum Gasteiger partial charge on any atom is 0.338 e. The first-order chi connectivity index (χ1) is 15.0. The Morgan fingerprint density at radius 1 is 0.968 bits per heavy atom. The molecule has 0 aliphatic carbocycles. The van der Waals surface area contributed by atoms with Gasteiger partial charge >= 0.3 is 18.0 Å². The van der Waals surface area contributed by atoms with Gasteiger partial charge in [-0.05, 0) is 24.5 Å². The number of hydrogen-bond donors (Lipinski definition) is 2. The van der Waals surface area contributed by atoms with Crippen LogP contribution in [0.5, 0.6) is 0 Å². The molecule has 2 N–H and O–H groups in total. The van der Waals surface area contributed by atoms with Crippen molar-refractivity contribution in [1.82, 2.24) is 10.6 Å². The Labute approximate surface area is 181 Å². The van der Waals surface area contributed by atoms with E-state index in [1.54, 1.807) is 6.92 Å². The molecule has 0 aromatic heterocycles. The molecule has 1 aliphatic rings. The van der Waals surface area contributed by atoms with Crippen LogP contribution in [0.3, 0.4) is 0 Å². The molecule has 0 unspecified atom stereocenters. The number of amides is 2. The van der Waals surface area contributed by atoms with Gasteiger partial charge in [0.25, 0.3) is 0 Å². The molecule has 0 saturated carbocycles. The Balaban J connectivity index is 1.88. The van der Waals surface area contributed by atoms with Crippen LogP contribution in [0.25, 0.3) is 0 Å². The van der Waals surface area contributed by atoms with Gasteiger partial charge in [0.05, 0.1) is 29.8 Å². The summed E-state index contributed by atoms with van der Waals surface area (Å²) in [5, 5.41) is 5.36. The van der Waals surface area contributed by atoms with Gasteiger partial charge in [-0.3, -0.25) is 4.79 Å². The van der Waals surface area contributed by atoms with Gasteiger partial charge in [0, 0.05) is 0 Å². The molecular weight excluding hydrogens is 396 g/mol. The SMILES string of the molecule is CCOC(=O)C1=C(COC(=O)[C@H](CC)c2ccccc2)NC(=O)N[C@@H]1c1ccccc1. The molecule has 0 bridgehead atoms. The van der Waals surface area contributed by atoms with Crippen molar-refractivity contribution in [2.75, 3.05) is 13.2 Å². The van der Waals surface area contributed by atoms with Gasteiger partial charge in [-0.15, -0.1) is 0 Å². The van der Waals surface area contributed by atoms with Gasteiger partial charge in [0.1, 0.15) is 6.61 Å². The van der Waals surface area contributed by atoms with E-state index in [-0.39, 0.29) is 24.5 Å². The maximum atomic E-state index is 12.8. The number of ether oxygens (including phenoxy) is 2. The number of nitrogens with one attached hydrogen (secondary N) is 2. The molecule has 2 atom stereocenters. The van der Waals surface area contributed by atoms with E-state index in [9.17, 15) is 14.4 Å². The van der Waals surface area contributed by atoms with Crippen LogP contribution in [0.4, 0.5) is 4.79 Å². The predicted molar refractivity (Wildman–Crippen MR) is 115 cm³/mol. The summed E-state index contributed by atoms with van der Waals surface area (Å²) in [5.74, 6) is -1.44. The summed E-state index contributed by atoms with van der Waals surface area (Å²) < 4.78 is 10.7. The molecule has 2 aromatic carbocycles.